The number of nitrogens with one attached hydrogen (secondary N) is 1. The van der Waals surface area contributed by atoms with Crippen molar-refractivity contribution < 1.29 is 19.1 Å². The van der Waals surface area contributed by atoms with Crippen LogP contribution in [0.1, 0.15) is 15.9 Å². The van der Waals surface area contributed by atoms with Crippen LogP contribution in [-0.4, -0.2) is 24.4 Å². The average molecular weight is 381 g/mol. The van der Waals surface area contributed by atoms with Crippen molar-refractivity contribution in [1.29, 1.82) is 0 Å². The lowest BCUT2D eigenvalue weighted by atomic mass is 10.1. The summed E-state index contributed by atoms with van der Waals surface area (Å²) < 4.78 is 4.91. The Bertz CT molecular complexity index is 804. The van der Waals surface area contributed by atoms with E-state index in [9.17, 15) is 14.4 Å². The van der Waals surface area contributed by atoms with E-state index in [1.165, 1.54) is 12.1 Å². The van der Waals surface area contributed by atoms with Crippen LogP contribution in [-0.2, 0) is 20.7 Å². The molecule has 0 heterocycles. The van der Waals surface area contributed by atoms with Crippen LogP contribution >= 0.6 is 23.2 Å². The molecule has 130 valence electrons. The summed E-state index contributed by atoms with van der Waals surface area (Å²) in [5.74, 6) is -1.94. The Morgan fingerprint density at radius 2 is 1.64 bits per heavy atom. The highest BCUT2D eigenvalue weighted by Gasteiger charge is 2.15. The third-order valence-electron chi connectivity index (χ3n) is 3.21. The van der Waals surface area contributed by atoms with Crippen molar-refractivity contribution in [3.63, 3.8) is 0 Å². The van der Waals surface area contributed by atoms with Gasteiger partial charge in [0.25, 0.3) is 11.8 Å². The van der Waals surface area contributed by atoms with Crippen molar-refractivity contribution in [3.05, 3.63) is 63.6 Å². The van der Waals surface area contributed by atoms with Gasteiger partial charge in [0.1, 0.15) is 0 Å². The molecular formula is C17H14Cl2N2O4. The zero-order chi connectivity index (χ0) is 18.4. The molecule has 0 aromatic heterocycles. The first-order valence-corrected chi connectivity index (χ1v) is 7.91. The maximum Gasteiger partial charge on any atom is 0.310 e. The van der Waals surface area contributed by atoms with Crippen molar-refractivity contribution in [2.24, 2.45) is 5.73 Å². The molecule has 2 aromatic rings. The number of benzene rings is 2. The number of nitrogens with two attached hydrogens (primary N) is 1. The number of para-hydroxylation sites is 1. The van der Waals surface area contributed by atoms with Gasteiger partial charge >= 0.3 is 5.97 Å². The number of esters is 1. The summed E-state index contributed by atoms with van der Waals surface area (Å²) >= 11 is 12.0. The molecule has 0 atom stereocenters. The van der Waals surface area contributed by atoms with Gasteiger partial charge in [-0.05, 0) is 24.3 Å². The van der Waals surface area contributed by atoms with Crippen LogP contribution in [0.3, 0.4) is 0 Å². The molecular weight excluding hydrogens is 367 g/mol. The van der Waals surface area contributed by atoms with E-state index in [0.717, 1.165) is 0 Å². The second kappa shape index (κ2) is 8.50. The fourth-order valence-corrected chi connectivity index (χ4v) is 2.57. The van der Waals surface area contributed by atoms with Crippen LogP contribution in [0.2, 0.25) is 10.0 Å². The van der Waals surface area contributed by atoms with Crippen molar-refractivity contribution in [2.75, 3.05) is 11.9 Å². The lowest BCUT2D eigenvalue weighted by Crippen LogP contribution is -2.23. The first kappa shape index (κ1) is 18.8. The SMILES string of the molecule is NC(=O)c1ccccc1NC(=O)COC(=O)Cc1c(Cl)cccc1Cl. The van der Waals surface area contributed by atoms with Gasteiger partial charge in [0.05, 0.1) is 17.7 Å². The third-order valence-corrected chi connectivity index (χ3v) is 3.92. The van der Waals surface area contributed by atoms with Crippen molar-refractivity contribution >= 4 is 46.7 Å². The molecule has 0 aliphatic rings. The van der Waals surface area contributed by atoms with E-state index in [4.69, 9.17) is 33.7 Å². The number of hydrogen-bond acceptors (Lipinski definition) is 4. The second-order valence-electron chi connectivity index (χ2n) is 5.00. The van der Waals surface area contributed by atoms with Crippen LogP contribution in [0.5, 0.6) is 0 Å². The minimum atomic E-state index is -0.679. The van der Waals surface area contributed by atoms with E-state index >= 15 is 0 Å². The fraction of sp³-hybridized carbons (Fsp3) is 0.118. The van der Waals surface area contributed by atoms with Gasteiger partial charge in [-0.15, -0.1) is 0 Å². The average Bonchev–Trinajstić information content (AvgIpc) is 2.57. The first-order chi connectivity index (χ1) is 11.9. The van der Waals surface area contributed by atoms with Gasteiger partial charge in [0, 0.05) is 15.6 Å². The number of carbonyl (C=O) groups excluding carboxylic acids is 3. The Labute approximate surface area is 153 Å². The summed E-state index contributed by atoms with van der Waals surface area (Å²) in [6.45, 7) is -0.520. The zero-order valence-corrected chi connectivity index (χ0v) is 14.4. The number of ether oxygens (including phenoxy) is 1. The molecule has 2 amide bonds. The maximum atomic E-state index is 11.9. The molecule has 0 unspecified atom stereocenters. The molecule has 0 spiro atoms. The number of halogens is 2. The summed E-state index contributed by atoms with van der Waals surface area (Å²) in [7, 11) is 0. The van der Waals surface area contributed by atoms with Gasteiger partial charge in [-0.2, -0.15) is 0 Å². The quantitative estimate of drug-likeness (QED) is 0.752. The predicted octanol–water partition coefficient (Wildman–Crippen LogP) is 2.82. The number of rotatable bonds is 6. The molecule has 8 heteroatoms. The van der Waals surface area contributed by atoms with Crippen molar-refractivity contribution in [3.8, 4) is 0 Å². The molecule has 3 N–H and O–H groups in total. The Hall–Kier alpha value is -2.57. The fourth-order valence-electron chi connectivity index (χ4n) is 2.04. The molecule has 6 nitrogen and oxygen atoms in total. The molecule has 0 aliphatic carbocycles. The second-order valence-corrected chi connectivity index (χ2v) is 5.81. The van der Waals surface area contributed by atoms with Crippen molar-refractivity contribution in [1.82, 2.24) is 0 Å². The lowest BCUT2D eigenvalue weighted by Gasteiger charge is -2.10. The molecule has 0 saturated carbocycles. The summed E-state index contributed by atoms with van der Waals surface area (Å²) in [5, 5.41) is 3.14. The van der Waals surface area contributed by atoms with Crippen LogP contribution < -0.4 is 11.1 Å². The van der Waals surface area contributed by atoms with Crippen LogP contribution in [0.25, 0.3) is 0 Å². The zero-order valence-electron chi connectivity index (χ0n) is 12.9. The van der Waals surface area contributed by atoms with Crippen LogP contribution in [0.15, 0.2) is 42.5 Å². The summed E-state index contributed by atoms with van der Waals surface area (Å²) in [4.78, 5) is 35.0. The predicted molar refractivity (Wildman–Crippen MR) is 94.7 cm³/mol. The Morgan fingerprint density at radius 3 is 2.28 bits per heavy atom. The minimum absolute atomic E-state index is 0.157. The standard InChI is InChI=1S/C17H14Cl2N2O4/c18-12-5-3-6-13(19)11(12)8-16(23)25-9-15(22)21-14-7-2-1-4-10(14)17(20)24/h1-7H,8-9H2,(H2,20,24)(H,21,22). The van der Waals surface area contributed by atoms with E-state index < -0.39 is 24.4 Å². The summed E-state index contributed by atoms with van der Waals surface area (Å²) in [6.07, 6.45) is -0.163. The minimum Gasteiger partial charge on any atom is -0.455 e. The van der Waals surface area contributed by atoms with Crippen molar-refractivity contribution in [2.45, 2.75) is 6.42 Å². The van der Waals surface area contributed by atoms with Gasteiger partial charge in [-0.1, -0.05) is 41.4 Å². The van der Waals surface area contributed by atoms with Gasteiger partial charge in [-0.3, -0.25) is 14.4 Å². The maximum absolute atomic E-state index is 11.9. The highest BCUT2D eigenvalue weighted by Crippen LogP contribution is 2.24. The Balaban J connectivity index is 1.92. The number of hydrogen-bond donors (Lipinski definition) is 2. The van der Waals surface area contributed by atoms with Gasteiger partial charge in [-0.25, -0.2) is 0 Å². The Kier molecular flexibility index (Phi) is 6.38. The third kappa shape index (κ3) is 5.20. The smallest absolute Gasteiger partial charge is 0.310 e. The summed E-state index contributed by atoms with van der Waals surface area (Å²) in [5.41, 5.74) is 6.05. The molecule has 0 fully saturated rings. The van der Waals surface area contributed by atoms with E-state index in [2.05, 4.69) is 5.32 Å². The molecule has 0 radical (unpaired) electrons. The highest BCUT2D eigenvalue weighted by molar-refractivity contribution is 6.36. The largest absolute Gasteiger partial charge is 0.455 e. The van der Waals surface area contributed by atoms with Crippen LogP contribution in [0, 0.1) is 0 Å². The summed E-state index contributed by atoms with van der Waals surface area (Å²) in [6, 6.07) is 11.1. The lowest BCUT2D eigenvalue weighted by molar-refractivity contribution is -0.146. The molecule has 2 rings (SSSR count). The first-order valence-electron chi connectivity index (χ1n) is 7.15. The Morgan fingerprint density at radius 1 is 1.00 bits per heavy atom. The number of anilines is 1. The van der Waals surface area contributed by atoms with E-state index in [0.29, 0.717) is 15.6 Å². The van der Waals surface area contributed by atoms with E-state index in [-0.39, 0.29) is 17.7 Å². The van der Waals surface area contributed by atoms with Gasteiger partial charge in [0.2, 0.25) is 0 Å². The topological polar surface area (TPSA) is 98.5 Å². The van der Waals surface area contributed by atoms with Gasteiger partial charge in [0.15, 0.2) is 6.61 Å². The molecule has 0 saturated heterocycles. The number of carbonyl (C=O) groups is 3. The molecule has 0 bridgehead atoms. The normalized spacial score (nSPS) is 10.2. The molecule has 2 aromatic carbocycles. The highest BCUT2D eigenvalue weighted by atomic mass is 35.5. The number of primary amides is 1. The molecule has 0 aliphatic heterocycles. The van der Waals surface area contributed by atoms with Gasteiger partial charge < -0.3 is 15.8 Å². The van der Waals surface area contributed by atoms with Crippen LogP contribution in [0.4, 0.5) is 5.69 Å². The monoisotopic (exact) mass is 380 g/mol. The number of amides is 2. The van der Waals surface area contributed by atoms with E-state index in [1.807, 2.05) is 0 Å². The van der Waals surface area contributed by atoms with E-state index in [1.54, 1.807) is 30.3 Å². The molecule has 25 heavy (non-hydrogen) atoms.